The van der Waals surface area contributed by atoms with Crippen molar-refractivity contribution in [2.75, 3.05) is 43.4 Å². The molecule has 1 aliphatic carbocycles. The van der Waals surface area contributed by atoms with Gasteiger partial charge in [-0.1, -0.05) is 12.1 Å². The maximum Gasteiger partial charge on any atom is 0.229 e. The van der Waals surface area contributed by atoms with Gasteiger partial charge in [-0.3, -0.25) is 0 Å². The molecule has 2 heterocycles. The standard InChI is InChI=1S/C22H33N5O/c1-4-21-24-22(28-25-21)17-5-7-18(8-6-17)23-20-10-9-19(15-16(20)2)27-13-11-26(3)12-14-27/h9-10,15,17-18,23H,4-8,11-14H2,1-3H3. The summed E-state index contributed by atoms with van der Waals surface area (Å²) in [4.78, 5) is 9.42. The van der Waals surface area contributed by atoms with Gasteiger partial charge in [0.25, 0.3) is 0 Å². The number of likely N-dealkylation sites (N-methyl/N-ethyl adjacent to an activating group) is 1. The molecule has 6 heteroatoms. The number of benzene rings is 1. The largest absolute Gasteiger partial charge is 0.382 e. The third kappa shape index (κ3) is 4.32. The summed E-state index contributed by atoms with van der Waals surface area (Å²) >= 11 is 0. The van der Waals surface area contributed by atoms with Crippen molar-refractivity contribution < 1.29 is 4.52 Å². The Morgan fingerprint density at radius 2 is 1.86 bits per heavy atom. The van der Waals surface area contributed by atoms with Crippen LogP contribution in [0.2, 0.25) is 0 Å². The van der Waals surface area contributed by atoms with Crippen LogP contribution in [0.25, 0.3) is 0 Å². The molecule has 0 spiro atoms. The van der Waals surface area contributed by atoms with E-state index >= 15 is 0 Å². The second-order valence-corrected chi connectivity index (χ2v) is 8.38. The van der Waals surface area contributed by atoms with Gasteiger partial charge in [0.05, 0.1) is 0 Å². The van der Waals surface area contributed by atoms with Crippen LogP contribution in [0.5, 0.6) is 0 Å². The van der Waals surface area contributed by atoms with Crippen LogP contribution in [-0.2, 0) is 6.42 Å². The van der Waals surface area contributed by atoms with E-state index in [0.29, 0.717) is 12.0 Å². The second-order valence-electron chi connectivity index (χ2n) is 8.38. The number of nitrogens with one attached hydrogen (secondary N) is 1. The van der Waals surface area contributed by atoms with Gasteiger partial charge in [-0.2, -0.15) is 4.98 Å². The third-order valence-corrected chi connectivity index (χ3v) is 6.31. The molecular weight excluding hydrogens is 350 g/mol. The van der Waals surface area contributed by atoms with Crippen LogP contribution in [0.4, 0.5) is 11.4 Å². The van der Waals surface area contributed by atoms with E-state index in [-0.39, 0.29) is 0 Å². The van der Waals surface area contributed by atoms with E-state index in [1.54, 1.807) is 0 Å². The highest BCUT2D eigenvalue weighted by atomic mass is 16.5. The maximum absolute atomic E-state index is 5.46. The molecule has 0 amide bonds. The molecule has 6 nitrogen and oxygen atoms in total. The van der Waals surface area contributed by atoms with Crippen LogP contribution in [0, 0.1) is 6.92 Å². The van der Waals surface area contributed by atoms with Gasteiger partial charge in [0.1, 0.15) is 0 Å². The molecule has 1 aromatic heterocycles. The van der Waals surface area contributed by atoms with Gasteiger partial charge in [0, 0.05) is 55.9 Å². The van der Waals surface area contributed by atoms with Crippen LogP contribution >= 0.6 is 0 Å². The van der Waals surface area contributed by atoms with Crippen molar-refractivity contribution in [2.45, 2.75) is 57.9 Å². The Bertz CT molecular complexity index is 773. The zero-order chi connectivity index (χ0) is 19.5. The minimum absolute atomic E-state index is 0.423. The predicted molar refractivity (Wildman–Crippen MR) is 113 cm³/mol. The molecule has 0 bridgehead atoms. The van der Waals surface area contributed by atoms with E-state index in [2.05, 4.69) is 64.4 Å². The lowest BCUT2D eigenvalue weighted by molar-refractivity contribution is 0.304. The summed E-state index contributed by atoms with van der Waals surface area (Å²) in [5.41, 5.74) is 3.96. The first-order valence-electron chi connectivity index (χ1n) is 10.8. The number of hydrogen-bond acceptors (Lipinski definition) is 6. The molecule has 152 valence electrons. The molecule has 0 unspecified atom stereocenters. The fourth-order valence-corrected chi connectivity index (χ4v) is 4.35. The zero-order valence-electron chi connectivity index (χ0n) is 17.4. The first-order chi connectivity index (χ1) is 13.6. The molecule has 1 saturated heterocycles. The summed E-state index contributed by atoms with van der Waals surface area (Å²) < 4.78 is 5.46. The molecule has 0 radical (unpaired) electrons. The van der Waals surface area contributed by atoms with E-state index in [0.717, 1.165) is 70.0 Å². The summed E-state index contributed by atoms with van der Waals surface area (Å²) in [6.45, 7) is 8.79. The number of piperazine rings is 1. The Hall–Kier alpha value is -2.08. The molecule has 28 heavy (non-hydrogen) atoms. The van der Waals surface area contributed by atoms with Gasteiger partial charge in [0.2, 0.25) is 5.89 Å². The Balaban J connectivity index is 1.32. The van der Waals surface area contributed by atoms with E-state index in [9.17, 15) is 0 Å². The van der Waals surface area contributed by atoms with Crippen molar-refractivity contribution in [3.05, 3.63) is 35.5 Å². The maximum atomic E-state index is 5.46. The molecule has 2 fully saturated rings. The highest BCUT2D eigenvalue weighted by Gasteiger charge is 2.26. The molecule has 1 aromatic carbocycles. The first-order valence-corrected chi connectivity index (χ1v) is 10.8. The predicted octanol–water partition coefficient (Wildman–Crippen LogP) is 3.83. The van der Waals surface area contributed by atoms with Crippen molar-refractivity contribution in [1.82, 2.24) is 15.0 Å². The van der Waals surface area contributed by atoms with Crippen LogP contribution in [0.1, 0.15) is 55.8 Å². The number of rotatable bonds is 5. The number of nitrogens with zero attached hydrogens (tertiary/aromatic N) is 4. The topological polar surface area (TPSA) is 57.4 Å². The molecule has 1 aliphatic heterocycles. The first kappa shape index (κ1) is 19.2. The Labute approximate surface area is 168 Å². The van der Waals surface area contributed by atoms with E-state index in [1.807, 2.05) is 0 Å². The van der Waals surface area contributed by atoms with Gasteiger partial charge in [-0.15, -0.1) is 0 Å². The minimum Gasteiger partial charge on any atom is -0.382 e. The number of anilines is 2. The average Bonchev–Trinajstić information content (AvgIpc) is 3.20. The monoisotopic (exact) mass is 383 g/mol. The van der Waals surface area contributed by atoms with Crippen LogP contribution in [-0.4, -0.2) is 54.3 Å². The summed E-state index contributed by atoms with van der Waals surface area (Å²) in [7, 11) is 2.20. The van der Waals surface area contributed by atoms with Crippen molar-refractivity contribution >= 4 is 11.4 Å². The Kier molecular flexibility index (Phi) is 5.85. The fraction of sp³-hybridized carbons (Fsp3) is 0.636. The van der Waals surface area contributed by atoms with Crippen LogP contribution in [0.3, 0.4) is 0 Å². The highest BCUT2D eigenvalue weighted by Crippen LogP contribution is 2.34. The zero-order valence-corrected chi connectivity index (χ0v) is 17.4. The van der Waals surface area contributed by atoms with E-state index in [4.69, 9.17) is 4.52 Å². The van der Waals surface area contributed by atoms with Gasteiger partial charge >= 0.3 is 0 Å². The SMILES string of the molecule is CCc1noc(C2CCC(Nc3ccc(N4CCN(C)CC4)cc3C)CC2)n1. The number of aryl methyl sites for hydroxylation is 2. The molecule has 0 atom stereocenters. The molecule has 1 N–H and O–H groups in total. The number of hydrogen-bond donors (Lipinski definition) is 1. The van der Waals surface area contributed by atoms with E-state index in [1.165, 1.54) is 16.9 Å². The molecule has 2 aromatic rings. The summed E-state index contributed by atoms with van der Waals surface area (Å²) in [6, 6.07) is 7.40. The normalized spacial score (nSPS) is 23.8. The lowest BCUT2D eigenvalue weighted by Crippen LogP contribution is -2.44. The quantitative estimate of drug-likeness (QED) is 0.847. The van der Waals surface area contributed by atoms with Crippen molar-refractivity contribution in [2.24, 2.45) is 0 Å². The second kappa shape index (κ2) is 8.52. The van der Waals surface area contributed by atoms with Gasteiger partial charge in [0.15, 0.2) is 5.82 Å². The summed E-state index contributed by atoms with van der Waals surface area (Å²) in [6.07, 6.45) is 5.36. The molecular formula is C22H33N5O. The lowest BCUT2D eigenvalue weighted by atomic mass is 9.85. The summed E-state index contributed by atoms with van der Waals surface area (Å²) in [5.74, 6) is 2.08. The van der Waals surface area contributed by atoms with E-state index < -0.39 is 0 Å². The van der Waals surface area contributed by atoms with Crippen molar-refractivity contribution in [3.63, 3.8) is 0 Å². The van der Waals surface area contributed by atoms with Crippen molar-refractivity contribution in [3.8, 4) is 0 Å². The van der Waals surface area contributed by atoms with Crippen LogP contribution in [0.15, 0.2) is 22.7 Å². The van der Waals surface area contributed by atoms with Crippen molar-refractivity contribution in [1.29, 1.82) is 0 Å². The molecule has 4 rings (SSSR count). The average molecular weight is 384 g/mol. The number of aromatic nitrogens is 2. The fourth-order valence-electron chi connectivity index (χ4n) is 4.35. The third-order valence-electron chi connectivity index (χ3n) is 6.31. The summed E-state index contributed by atoms with van der Waals surface area (Å²) in [5, 5.41) is 7.83. The van der Waals surface area contributed by atoms with Gasteiger partial charge in [-0.05, 0) is 63.4 Å². The Morgan fingerprint density at radius 3 is 2.50 bits per heavy atom. The van der Waals surface area contributed by atoms with Gasteiger partial charge in [-0.25, -0.2) is 0 Å². The highest BCUT2D eigenvalue weighted by molar-refractivity contribution is 5.60. The Morgan fingerprint density at radius 1 is 1.11 bits per heavy atom. The molecule has 2 aliphatic rings. The minimum atomic E-state index is 0.423. The van der Waals surface area contributed by atoms with Gasteiger partial charge < -0.3 is 19.6 Å². The lowest BCUT2D eigenvalue weighted by Gasteiger charge is -2.34. The smallest absolute Gasteiger partial charge is 0.229 e. The van der Waals surface area contributed by atoms with Crippen LogP contribution < -0.4 is 10.2 Å². The molecule has 1 saturated carbocycles.